The quantitative estimate of drug-likeness (QED) is 0.890. The lowest BCUT2D eigenvalue weighted by atomic mass is 9.64. The van der Waals surface area contributed by atoms with Crippen LogP contribution in [0.4, 0.5) is 5.69 Å². The highest BCUT2D eigenvalue weighted by molar-refractivity contribution is 6.30. The molecule has 2 rings (SSSR count). The van der Waals surface area contributed by atoms with Gasteiger partial charge in [-0.25, -0.2) is 0 Å². The number of hydrogen-bond donors (Lipinski definition) is 2. The van der Waals surface area contributed by atoms with Gasteiger partial charge in [-0.2, -0.15) is 0 Å². The maximum Gasteiger partial charge on any atom is 0.243 e. The third kappa shape index (κ3) is 3.26. The van der Waals surface area contributed by atoms with E-state index in [-0.39, 0.29) is 11.3 Å². The van der Waals surface area contributed by atoms with Crippen LogP contribution in [0.15, 0.2) is 24.3 Å². The minimum atomic E-state index is -0.689. The van der Waals surface area contributed by atoms with E-state index in [1.54, 1.807) is 0 Å². The first-order valence-corrected chi connectivity index (χ1v) is 7.44. The Hall–Kier alpha value is -1.22. The summed E-state index contributed by atoms with van der Waals surface area (Å²) in [6.07, 6.45) is 2.61. The summed E-state index contributed by atoms with van der Waals surface area (Å²) < 4.78 is 0. The maximum absolute atomic E-state index is 12.1. The highest BCUT2D eigenvalue weighted by atomic mass is 35.5. The van der Waals surface area contributed by atoms with Crippen molar-refractivity contribution in [2.45, 2.75) is 45.6 Å². The number of anilines is 1. The van der Waals surface area contributed by atoms with E-state index < -0.39 is 5.54 Å². The fourth-order valence-corrected chi connectivity index (χ4v) is 3.95. The summed E-state index contributed by atoms with van der Waals surface area (Å²) in [4.78, 5) is 12.1. The fraction of sp³-hybridized carbons (Fsp3) is 0.562. The summed E-state index contributed by atoms with van der Waals surface area (Å²) in [7, 11) is 0. The zero-order chi connectivity index (χ0) is 15.0. The van der Waals surface area contributed by atoms with Gasteiger partial charge in [-0.1, -0.05) is 38.4 Å². The summed E-state index contributed by atoms with van der Waals surface area (Å²) in [5, 5.41) is 4.01. The Labute approximate surface area is 125 Å². The molecule has 1 amide bonds. The molecule has 3 nitrogen and oxygen atoms in total. The Kier molecular flexibility index (Phi) is 4.01. The summed E-state index contributed by atoms with van der Waals surface area (Å²) in [6, 6.07) is 7.44. The number of nitrogens with one attached hydrogen (secondary N) is 1. The number of amides is 1. The minimum Gasteiger partial charge on any atom is -0.371 e. The van der Waals surface area contributed by atoms with Gasteiger partial charge in [-0.3, -0.25) is 4.79 Å². The van der Waals surface area contributed by atoms with Gasteiger partial charge >= 0.3 is 0 Å². The van der Waals surface area contributed by atoms with Crippen molar-refractivity contribution in [1.82, 2.24) is 0 Å². The summed E-state index contributed by atoms with van der Waals surface area (Å²) in [6.45, 7) is 6.57. The Bertz CT molecular complexity index is 515. The van der Waals surface area contributed by atoms with E-state index in [2.05, 4.69) is 26.1 Å². The highest BCUT2D eigenvalue weighted by Crippen LogP contribution is 2.45. The average Bonchev–Trinajstić information content (AvgIpc) is 2.25. The number of hydrogen-bond acceptors (Lipinski definition) is 2. The molecule has 0 spiro atoms. The molecule has 1 fully saturated rings. The lowest BCUT2D eigenvalue weighted by Gasteiger charge is -2.46. The van der Waals surface area contributed by atoms with E-state index in [4.69, 9.17) is 17.3 Å². The van der Waals surface area contributed by atoms with E-state index >= 15 is 0 Å². The van der Waals surface area contributed by atoms with Crippen LogP contribution in [-0.2, 0) is 4.79 Å². The predicted molar refractivity (Wildman–Crippen MR) is 83.8 cm³/mol. The Morgan fingerprint density at radius 2 is 2.10 bits per heavy atom. The van der Waals surface area contributed by atoms with Crippen molar-refractivity contribution in [1.29, 1.82) is 0 Å². The number of halogens is 1. The van der Waals surface area contributed by atoms with Gasteiger partial charge in [-0.05, 0) is 48.8 Å². The molecule has 2 unspecified atom stereocenters. The average molecular weight is 295 g/mol. The van der Waals surface area contributed by atoms with Gasteiger partial charge in [0.25, 0.3) is 0 Å². The number of benzene rings is 1. The molecule has 0 aromatic heterocycles. The standard InChI is InChI=1S/C16H23ClN2O/c1-11-8-15(2,3)10-16(9-11,14(18)20)19-13-6-4-5-12(17)7-13/h4-7,11,19H,8-10H2,1-3H3,(H2,18,20). The second-order valence-corrected chi connectivity index (χ2v) is 7.37. The fourth-order valence-electron chi connectivity index (χ4n) is 3.76. The molecule has 0 saturated heterocycles. The molecule has 0 heterocycles. The Morgan fingerprint density at radius 3 is 2.65 bits per heavy atom. The smallest absolute Gasteiger partial charge is 0.243 e. The molecule has 1 aliphatic carbocycles. The topological polar surface area (TPSA) is 55.1 Å². The third-order valence-electron chi connectivity index (χ3n) is 4.06. The van der Waals surface area contributed by atoms with Gasteiger partial charge in [0.15, 0.2) is 0 Å². The van der Waals surface area contributed by atoms with Crippen LogP contribution < -0.4 is 11.1 Å². The van der Waals surface area contributed by atoms with E-state index in [1.165, 1.54) is 0 Å². The molecule has 1 aromatic rings. The predicted octanol–water partition coefficient (Wildman–Crippen LogP) is 3.82. The van der Waals surface area contributed by atoms with Crippen LogP contribution in [0.5, 0.6) is 0 Å². The molecule has 20 heavy (non-hydrogen) atoms. The lowest BCUT2D eigenvalue weighted by Crippen LogP contribution is -2.56. The van der Waals surface area contributed by atoms with Crippen LogP contribution in [0, 0.1) is 11.3 Å². The van der Waals surface area contributed by atoms with Crippen LogP contribution in [0.2, 0.25) is 5.02 Å². The molecular formula is C16H23ClN2O. The highest BCUT2D eigenvalue weighted by Gasteiger charge is 2.46. The first-order chi connectivity index (χ1) is 9.22. The van der Waals surface area contributed by atoms with Gasteiger partial charge in [-0.15, -0.1) is 0 Å². The van der Waals surface area contributed by atoms with E-state index in [9.17, 15) is 4.79 Å². The molecule has 0 radical (unpaired) electrons. The lowest BCUT2D eigenvalue weighted by molar-refractivity contribution is -0.125. The first-order valence-electron chi connectivity index (χ1n) is 7.06. The van der Waals surface area contributed by atoms with Gasteiger partial charge in [0.2, 0.25) is 5.91 Å². The van der Waals surface area contributed by atoms with Crippen molar-refractivity contribution in [3.05, 3.63) is 29.3 Å². The first kappa shape index (κ1) is 15.2. The molecule has 2 atom stereocenters. The number of carbonyl (C=O) groups is 1. The number of nitrogens with two attached hydrogens (primary N) is 1. The van der Waals surface area contributed by atoms with Crippen molar-refractivity contribution in [2.24, 2.45) is 17.1 Å². The van der Waals surface area contributed by atoms with Crippen molar-refractivity contribution in [3.8, 4) is 0 Å². The second-order valence-electron chi connectivity index (χ2n) is 6.94. The zero-order valence-corrected chi connectivity index (χ0v) is 13.1. The Morgan fingerprint density at radius 1 is 1.40 bits per heavy atom. The molecule has 110 valence electrons. The number of rotatable bonds is 3. The van der Waals surface area contributed by atoms with Gasteiger partial charge in [0, 0.05) is 10.7 Å². The van der Waals surface area contributed by atoms with Gasteiger partial charge in [0.05, 0.1) is 0 Å². The molecule has 1 aromatic carbocycles. The van der Waals surface area contributed by atoms with Crippen molar-refractivity contribution in [3.63, 3.8) is 0 Å². The summed E-state index contributed by atoms with van der Waals surface area (Å²) >= 11 is 6.02. The third-order valence-corrected chi connectivity index (χ3v) is 4.29. The normalized spacial score (nSPS) is 28.9. The molecular weight excluding hydrogens is 272 g/mol. The van der Waals surface area contributed by atoms with Crippen LogP contribution in [-0.4, -0.2) is 11.4 Å². The van der Waals surface area contributed by atoms with Crippen LogP contribution in [0.3, 0.4) is 0 Å². The van der Waals surface area contributed by atoms with Crippen molar-refractivity contribution in [2.75, 3.05) is 5.32 Å². The van der Waals surface area contributed by atoms with Crippen LogP contribution in [0.25, 0.3) is 0 Å². The van der Waals surface area contributed by atoms with Gasteiger partial charge in [0.1, 0.15) is 5.54 Å². The van der Waals surface area contributed by atoms with Crippen molar-refractivity contribution >= 4 is 23.2 Å². The van der Waals surface area contributed by atoms with Crippen LogP contribution >= 0.6 is 11.6 Å². The monoisotopic (exact) mass is 294 g/mol. The molecule has 0 aliphatic heterocycles. The van der Waals surface area contributed by atoms with Gasteiger partial charge < -0.3 is 11.1 Å². The SMILES string of the molecule is CC1CC(C)(C)CC(Nc2cccc(Cl)c2)(C(N)=O)C1. The zero-order valence-electron chi connectivity index (χ0n) is 12.4. The van der Waals surface area contributed by atoms with E-state index in [0.29, 0.717) is 10.9 Å². The largest absolute Gasteiger partial charge is 0.371 e. The molecule has 1 aliphatic rings. The number of primary amides is 1. The van der Waals surface area contributed by atoms with E-state index in [0.717, 1.165) is 24.9 Å². The molecule has 3 N–H and O–H groups in total. The summed E-state index contributed by atoms with van der Waals surface area (Å²) in [5.74, 6) is 0.176. The van der Waals surface area contributed by atoms with Crippen LogP contribution in [0.1, 0.15) is 40.0 Å². The minimum absolute atomic E-state index is 0.0955. The maximum atomic E-state index is 12.1. The Balaban J connectivity index is 2.32. The number of carbonyl (C=O) groups excluding carboxylic acids is 1. The van der Waals surface area contributed by atoms with Crippen molar-refractivity contribution < 1.29 is 4.79 Å². The molecule has 1 saturated carbocycles. The molecule has 0 bridgehead atoms. The second kappa shape index (κ2) is 5.28. The van der Waals surface area contributed by atoms with E-state index in [1.807, 2.05) is 24.3 Å². The summed E-state index contributed by atoms with van der Waals surface area (Å²) in [5.41, 5.74) is 5.99. The molecule has 4 heteroatoms.